The number of halogens is 2. The molecule has 0 aliphatic carbocycles. The number of allylic oxidation sites excluding steroid dienone is 2. The van der Waals surface area contributed by atoms with Crippen molar-refractivity contribution in [3.05, 3.63) is 23.8 Å². The standard InChI is InChI=1S/C10H11F2N3/c1-7(11)9(5-13)10(14-2)15-4-3-8(12)6-15/h8H,1-4,6H2/b10-9+. The lowest BCUT2D eigenvalue weighted by molar-refractivity contribution is 0.322. The zero-order chi connectivity index (χ0) is 11.4. The lowest BCUT2D eigenvalue weighted by Crippen LogP contribution is -2.20. The molecule has 1 atom stereocenters. The van der Waals surface area contributed by atoms with E-state index in [2.05, 4.69) is 18.3 Å². The summed E-state index contributed by atoms with van der Waals surface area (Å²) in [5.41, 5.74) is -0.279. The first-order chi connectivity index (χ1) is 7.10. The van der Waals surface area contributed by atoms with Crippen LogP contribution in [0.1, 0.15) is 6.42 Å². The van der Waals surface area contributed by atoms with Crippen molar-refractivity contribution in [1.82, 2.24) is 4.90 Å². The highest BCUT2D eigenvalue weighted by Crippen LogP contribution is 2.23. The molecule has 0 aromatic carbocycles. The molecule has 1 heterocycles. The van der Waals surface area contributed by atoms with Crippen LogP contribution in [0, 0.1) is 11.3 Å². The van der Waals surface area contributed by atoms with Gasteiger partial charge in [-0.2, -0.15) is 5.26 Å². The number of aliphatic imine (C=N–C) groups is 1. The molecule has 80 valence electrons. The molecule has 0 aromatic heterocycles. The number of rotatable bonds is 3. The van der Waals surface area contributed by atoms with E-state index in [0.717, 1.165) is 0 Å². The average molecular weight is 211 g/mol. The maximum atomic E-state index is 12.9. The van der Waals surface area contributed by atoms with Gasteiger partial charge in [-0.3, -0.25) is 0 Å². The second-order valence-electron chi connectivity index (χ2n) is 3.21. The van der Waals surface area contributed by atoms with Crippen molar-refractivity contribution in [3.63, 3.8) is 0 Å². The Kier molecular flexibility index (Phi) is 3.56. The van der Waals surface area contributed by atoms with Crippen LogP contribution < -0.4 is 0 Å². The first-order valence-corrected chi connectivity index (χ1v) is 4.45. The molecule has 1 unspecified atom stereocenters. The molecule has 1 saturated heterocycles. The van der Waals surface area contributed by atoms with E-state index in [1.807, 2.05) is 0 Å². The Morgan fingerprint density at radius 1 is 1.60 bits per heavy atom. The van der Waals surface area contributed by atoms with Crippen LogP contribution in [0.25, 0.3) is 0 Å². The maximum absolute atomic E-state index is 12.9. The molecule has 3 nitrogen and oxygen atoms in total. The van der Waals surface area contributed by atoms with Gasteiger partial charge in [-0.1, -0.05) is 6.58 Å². The average Bonchev–Trinajstić information content (AvgIpc) is 2.60. The molecule has 1 rings (SSSR count). The molecule has 15 heavy (non-hydrogen) atoms. The second kappa shape index (κ2) is 4.69. The summed E-state index contributed by atoms with van der Waals surface area (Å²) in [6.45, 7) is 6.81. The van der Waals surface area contributed by atoms with E-state index in [4.69, 9.17) is 5.26 Å². The van der Waals surface area contributed by atoms with Gasteiger partial charge in [-0.25, -0.2) is 13.8 Å². The number of alkyl halides is 1. The molecule has 0 aromatic rings. The van der Waals surface area contributed by atoms with Crippen molar-refractivity contribution in [2.24, 2.45) is 4.99 Å². The minimum atomic E-state index is -0.963. The van der Waals surface area contributed by atoms with Crippen LogP contribution in [-0.2, 0) is 0 Å². The first-order valence-electron chi connectivity index (χ1n) is 4.45. The van der Waals surface area contributed by atoms with Crippen LogP contribution in [0.4, 0.5) is 8.78 Å². The maximum Gasteiger partial charge on any atom is 0.148 e. The first kappa shape index (κ1) is 11.4. The molecule has 0 radical (unpaired) electrons. The molecular weight excluding hydrogens is 200 g/mol. The predicted molar refractivity (Wildman–Crippen MR) is 53.5 cm³/mol. The summed E-state index contributed by atoms with van der Waals surface area (Å²) in [5, 5.41) is 8.71. The number of likely N-dealkylation sites (tertiary alicyclic amines) is 1. The predicted octanol–water partition coefficient (Wildman–Crippen LogP) is 1.95. The summed E-state index contributed by atoms with van der Waals surface area (Å²) in [6.07, 6.45) is -0.606. The van der Waals surface area contributed by atoms with Gasteiger partial charge in [0.05, 0.1) is 6.54 Å². The summed E-state index contributed by atoms with van der Waals surface area (Å²) in [6, 6.07) is 1.65. The Morgan fingerprint density at radius 3 is 2.60 bits per heavy atom. The van der Waals surface area contributed by atoms with Gasteiger partial charge in [0.25, 0.3) is 0 Å². The molecule has 1 fully saturated rings. The molecule has 0 amide bonds. The fourth-order valence-electron chi connectivity index (χ4n) is 1.48. The third-order valence-corrected chi connectivity index (χ3v) is 2.19. The van der Waals surface area contributed by atoms with Crippen LogP contribution >= 0.6 is 0 Å². The van der Waals surface area contributed by atoms with Gasteiger partial charge >= 0.3 is 0 Å². The normalized spacial score (nSPS) is 21.9. The lowest BCUT2D eigenvalue weighted by atomic mass is 10.2. The van der Waals surface area contributed by atoms with E-state index in [1.54, 1.807) is 6.07 Å². The van der Waals surface area contributed by atoms with Gasteiger partial charge in [0.1, 0.15) is 29.5 Å². The minimum Gasteiger partial charge on any atom is -0.352 e. The second-order valence-corrected chi connectivity index (χ2v) is 3.21. The molecule has 0 N–H and O–H groups in total. The molecule has 0 saturated carbocycles. The number of nitriles is 1. The minimum absolute atomic E-state index is 0.0742. The molecule has 0 spiro atoms. The fourth-order valence-corrected chi connectivity index (χ4v) is 1.48. The molecule has 1 aliphatic rings. The van der Waals surface area contributed by atoms with Crippen molar-refractivity contribution in [1.29, 1.82) is 5.26 Å². The Balaban J connectivity index is 3.01. The van der Waals surface area contributed by atoms with Gasteiger partial charge in [-0.05, 0) is 13.1 Å². The van der Waals surface area contributed by atoms with E-state index < -0.39 is 12.0 Å². The van der Waals surface area contributed by atoms with E-state index in [-0.39, 0.29) is 17.9 Å². The highest BCUT2D eigenvalue weighted by atomic mass is 19.1. The Bertz CT molecular complexity index is 354. The third kappa shape index (κ3) is 2.40. The zero-order valence-corrected chi connectivity index (χ0v) is 8.21. The van der Waals surface area contributed by atoms with Gasteiger partial charge in [0.15, 0.2) is 0 Å². The summed E-state index contributed by atoms with van der Waals surface area (Å²) in [4.78, 5) is 5.06. The highest BCUT2D eigenvalue weighted by Gasteiger charge is 2.25. The van der Waals surface area contributed by atoms with E-state index in [1.165, 1.54) is 4.90 Å². The molecule has 1 aliphatic heterocycles. The van der Waals surface area contributed by atoms with Crippen LogP contribution in [0.3, 0.4) is 0 Å². The topological polar surface area (TPSA) is 39.4 Å². The largest absolute Gasteiger partial charge is 0.352 e. The summed E-state index contributed by atoms with van der Waals surface area (Å²) < 4.78 is 25.8. The SMILES string of the molecule is C=N/C(=C(/C#N)C(=C)F)N1CCC(F)C1. The van der Waals surface area contributed by atoms with Gasteiger partial charge < -0.3 is 4.90 Å². The van der Waals surface area contributed by atoms with E-state index >= 15 is 0 Å². The van der Waals surface area contributed by atoms with Crippen molar-refractivity contribution >= 4 is 6.72 Å². The quantitative estimate of drug-likeness (QED) is 0.406. The summed E-state index contributed by atoms with van der Waals surface area (Å²) >= 11 is 0. The molecular formula is C10H11F2N3. The van der Waals surface area contributed by atoms with Gasteiger partial charge in [-0.15, -0.1) is 0 Å². The number of hydrogen-bond donors (Lipinski definition) is 0. The highest BCUT2D eigenvalue weighted by molar-refractivity contribution is 5.43. The molecule has 5 heteroatoms. The monoisotopic (exact) mass is 211 g/mol. The smallest absolute Gasteiger partial charge is 0.148 e. The third-order valence-electron chi connectivity index (χ3n) is 2.19. The molecule has 0 bridgehead atoms. The lowest BCUT2D eigenvalue weighted by Gasteiger charge is -2.18. The Hall–Kier alpha value is -1.70. The number of hydrogen-bond acceptors (Lipinski definition) is 3. The van der Waals surface area contributed by atoms with Crippen LogP contribution in [0.5, 0.6) is 0 Å². The fraction of sp³-hybridized carbons (Fsp3) is 0.400. The summed E-state index contributed by atoms with van der Waals surface area (Å²) in [5.74, 6) is -0.799. The van der Waals surface area contributed by atoms with Crippen LogP contribution in [0.2, 0.25) is 0 Å². The van der Waals surface area contributed by atoms with Crippen molar-refractivity contribution in [3.8, 4) is 6.07 Å². The van der Waals surface area contributed by atoms with Gasteiger partial charge in [0.2, 0.25) is 0 Å². The van der Waals surface area contributed by atoms with Gasteiger partial charge in [0, 0.05) is 6.54 Å². The van der Waals surface area contributed by atoms with Crippen LogP contribution in [-0.4, -0.2) is 30.9 Å². The van der Waals surface area contributed by atoms with E-state index in [9.17, 15) is 8.78 Å². The van der Waals surface area contributed by atoms with Crippen molar-refractivity contribution < 1.29 is 8.78 Å². The Labute approximate surface area is 87.0 Å². The van der Waals surface area contributed by atoms with Crippen molar-refractivity contribution in [2.75, 3.05) is 13.1 Å². The van der Waals surface area contributed by atoms with E-state index in [0.29, 0.717) is 13.0 Å². The van der Waals surface area contributed by atoms with Crippen molar-refractivity contribution in [2.45, 2.75) is 12.6 Å². The Morgan fingerprint density at radius 2 is 2.27 bits per heavy atom. The number of nitrogens with zero attached hydrogens (tertiary/aromatic N) is 3. The zero-order valence-electron chi connectivity index (χ0n) is 8.21. The summed E-state index contributed by atoms with van der Waals surface area (Å²) in [7, 11) is 0. The van der Waals surface area contributed by atoms with Crippen LogP contribution in [0.15, 0.2) is 28.8 Å².